The molecular weight excluding hydrogens is 402 g/mol. The van der Waals surface area contributed by atoms with Crippen LogP contribution in [0.5, 0.6) is 11.5 Å². The first-order chi connectivity index (χ1) is 13.4. The van der Waals surface area contributed by atoms with Crippen LogP contribution in [0.2, 0.25) is 5.02 Å². The normalized spacial score (nSPS) is 10.9. The summed E-state index contributed by atoms with van der Waals surface area (Å²) in [5.41, 5.74) is 0.0872. The number of aromatic hydroxyl groups is 1. The summed E-state index contributed by atoms with van der Waals surface area (Å²) in [7, 11) is 0. The number of ether oxygens (including phenoxy) is 1. The van der Waals surface area contributed by atoms with Gasteiger partial charge in [-0.1, -0.05) is 29.8 Å². The van der Waals surface area contributed by atoms with Gasteiger partial charge < -0.3 is 14.9 Å². The average Bonchev–Trinajstić information content (AvgIpc) is 3.20. The van der Waals surface area contributed by atoms with Crippen LogP contribution in [0.4, 0.5) is 0 Å². The monoisotopic (exact) mass is 415 g/mol. The molecule has 0 atom stereocenters. The van der Waals surface area contributed by atoms with Crippen LogP contribution in [0.25, 0.3) is 6.08 Å². The van der Waals surface area contributed by atoms with Gasteiger partial charge in [-0.2, -0.15) is 0 Å². The Labute approximate surface area is 169 Å². The van der Waals surface area contributed by atoms with Crippen molar-refractivity contribution in [3.63, 3.8) is 0 Å². The quantitative estimate of drug-likeness (QED) is 0.429. The maximum absolute atomic E-state index is 12.4. The van der Waals surface area contributed by atoms with Gasteiger partial charge in [0.15, 0.2) is 5.78 Å². The first-order valence-electron chi connectivity index (χ1n) is 8.03. The molecule has 0 amide bonds. The zero-order chi connectivity index (χ0) is 20.1. The first-order valence-corrected chi connectivity index (χ1v) is 9.29. The molecule has 142 valence electrons. The van der Waals surface area contributed by atoms with Crippen LogP contribution in [-0.4, -0.2) is 26.9 Å². The van der Waals surface area contributed by atoms with E-state index in [1.165, 1.54) is 23.5 Å². The number of aromatic carboxylic acids is 1. The minimum absolute atomic E-state index is 0.0459. The van der Waals surface area contributed by atoms with Gasteiger partial charge in [-0.05, 0) is 35.9 Å². The Morgan fingerprint density at radius 2 is 2.00 bits per heavy atom. The second kappa shape index (κ2) is 8.69. The number of phenols is 1. The second-order valence-corrected chi connectivity index (χ2v) is 7.05. The average molecular weight is 416 g/mol. The van der Waals surface area contributed by atoms with Crippen molar-refractivity contribution in [1.29, 1.82) is 0 Å². The van der Waals surface area contributed by atoms with Crippen LogP contribution < -0.4 is 4.74 Å². The number of thiazole rings is 1. The van der Waals surface area contributed by atoms with Gasteiger partial charge in [0.25, 0.3) is 0 Å². The molecule has 8 heteroatoms. The van der Waals surface area contributed by atoms with Crippen LogP contribution in [0.15, 0.2) is 54.1 Å². The summed E-state index contributed by atoms with van der Waals surface area (Å²) in [4.78, 5) is 27.7. The number of carbonyl (C=O) groups is 2. The van der Waals surface area contributed by atoms with E-state index in [2.05, 4.69) is 4.98 Å². The molecule has 28 heavy (non-hydrogen) atoms. The molecule has 1 heterocycles. The van der Waals surface area contributed by atoms with Crippen LogP contribution in [0, 0.1) is 0 Å². The third kappa shape index (κ3) is 4.76. The van der Waals surface area contributed by atoms with Crippen molar-refractivity contribution < 1.29 is 24.5 Å². The molecule has 3 aromatic rings. The number of carboxylic acid groups (broad SMARTS) is 1. The summed E-state index contributed by atoms with van der Waals surface area (Å²) in [5.74, 6) is -1.95. The SMILES string of the molecule is O=C(O)c1cc(Cl)cc(C(=O)/C=C/c2cccc(OCc3nccs3)c2)c1O. The molecule has 0 saturated heterocycles. The Balaban J connectivity index is 1.76. The minimum Gasteiger partial charge on any atom is -0.506 e. The number of halogens is 1. The van der Waals surface area contributed by atoms with E-state index in [4.69, 9.17) is 21.4 Å². The fourth-order valence-corrected chi connectivity index (χ4v) is 3.13. The Morgan fingerprint density at radius 3 is 2.71 bits per heavy atom. The third-order valence-corrected chi connectivity index (χ3v) is 4.67. The predicted octanol–water partition coefficient (Wildman–Crippen LogP) is 4.68. The first kappa shape index (κ1) is 19.6. The van der Waals surface area contributed by atoms with Gasteiger partial charge in [-0.15, -0.1) is 11.3 Å². The van der Waals surface area contributed by atoms with E-state index in [-0.39, 0.29) is 10.6 Å². The maximum atomic E-state index is 12.4. The summed E-state index contributed by atoms with van der Waals surface area (Å²) in [6.07, 6.45) is 4.48. The number of rotatable bonds is 7. The van der Waals surface area contributed by atoms with Crippen molar-refractivity contribution in [1.82, 2.24) is 4.98 Å². The van der Waals surface area contributed by atoms with Crippen LogP contribution >= 0.6 is 22.9 Å². The molecule has 0 bridgehead atoms. The summed E-state index contributed by atoms with van der Waals surface area (Å²) in [5, 5.41) is 21.9. The molecule has 3 rings (SSSR count). The molecule has 0 aliphatic rings. The number of hydrogen-bond donors (Lipinski definition) is 2. The fraction of sp³-hybridized carbons (Fsp3) is 0.0500. The fourth-order valence-electron chi connectivity index (χ4n) is 2.39. The number of aromatic nitrogens is 1. The summed E-state index contributed by atoms with van der Waals surface area (Å²) in [6, 6.07) is 9.40. The number of carboxylic acids is 1. The highest BCUT2D eigenvalue weighted by atomic mass is 35.5. The molecule has 0 saturated carbocycles. The molecule has 0 fully saturated rings. The minimum atomic E-state index is -1.37. The highest BCUT2D eigenvalue weighted by Gasteiger charge is 2.18. The summed E-state index contributed by atoms with van der Waals surface area (Å²) in [6.45, 7) is 0.345. The van der Waals surface area contributed by atoms with Gasteiger partial charge in [-0.25, -0.2) is 9.78 Å². The number of nitrogens with zero attached hydrogens (tertiary/aromatic N) is 1. The second-order valence-electron chi connectivity index (χ2n) is 5.64. The zero-order valence-electron chi connectivity index (χ0n) is 14.3. The number of ketones is 1. The highest BCUT2D eigenvalue weighted by Crippen LogP contribution is 2.28. The smallest absolute Gasteiger partial charge is 0.339 e. The number of allylic oxidation sites excluding steroid dienone is 1. The van der Waals surface area contributed by atoms with Gasteiger partial charge >= 0.3 is 5.97 Å². The number of hydrogen-bond acceptors (Lipinski definition) is 6. The number of carbonyl (C=O) groups excluding carboxylic acids is 1. The third-order valence-electron chi connectivity index (χ3n) is 3.70. The topological polar surface area (TPSA) is 96.7 Å². The van der Waals surface area contributed by atoms with Crippen molar-refractivity contribution in [2.24, 2.45) is 0 Å². The zero-order valence-corrected chi connectivity index (χ0v) is 15.9. The standard InChI is InChI=1S/C20H14ClNO5S/c21-13-9-15(19(24)16(10-13)20(25)26)17(23)5-4-12-2-1-3-14(8-12)27-11-18-22-6-7-28-18/h1-10,24H,11H2,(H,25,26)/b5-4+. The van der Waals surface area contributed by atoms with Crippen molar-refractivity contribution in [3.05, 3.63) is 80.8 Å². The van der Waals surface area contributed by atoms with E-state index in [9.17, 15) is 14.7 Å². The Morgan fingerprint density at radius 1 is 1.21 bits per heavy atom. The lowest BCUT2D eigenvalue weighted by Gasteiger charge is -2.06. The van der Waals surface area contributed by atoms with E-state index in [0.717, 1.165) is 11.1 Å². The van der Waals surface area contributed by atoms with Crippen molar-refractivity contribution in [2.75, 3.05) is 0 Å². The number of benzene rings is 2. The summed E-state index contributed by atoms with van der Waals surface area (Å²) >= 11 is 7.35. The highest BCUT2D eigenvalue weighted by molar-refractivity contribution is 7.09. The molecule has 0 radical (unpaired) electrons. The Hall–Kier alpha value is -3.16. The van der Waals surface area contributed by atoms with Gasteiger partial charge in [0, 0.05) is 16.6 Å². The van der Waals surface area contributed by atoms with Crippen LogP contribution in [-0.2, 0) is 6.61 Å². The van der Waals surface area contributed by atoms with Crippen molar-refractivity contribution in [2.45, 2.75) is 6.61 Å². The molecule has 0 aliphatic carbocycles. The summed E-state index contributed by atoms with van der Waals surface area (Å²) < 4.78 is 5.67. The molecule has 0 aliphatic heterocycles. The molecule has 0 unspecified atom stereocenters. The van der Waals surface area contributed by atoms with Gasteiger partial charge in [0.1, 0.15) is 28.7 Å². The van der Waals surface area contributed by atoms with Gasteiger partial charge in [0.05, 0.1) is 5.56 Å². The van der Waals surface area contributed by atoms with E-state index < -0.39 is 23.1 Å². The lowest BCUT2D eigenvalue weighted by Crippen LogP contribution is -2.03. The molecule has 0 spiro atoms. The van der Waals surface area contributed by atoms with Gasteiger partial charge in [0.2, 0.25) is 0 Å². The Bertz CT molecular complexity index is 1050. The molecule has 2 aromatic carbocycles. The van der Waals surface area contributed by atoms with Crippen molar-refractivity contribution in [3.8, 4) is 11.5 Å². The lowest BCUT2D eigenvalue weighted by molar-refractivity contribution is 0.0693. The largest absolute Gasteiger partial charge is 0.506 e. The van der Waals surface area contributed by atoms with Crippen LogP contribution in [0.1, 0.15) is 31.3 Å². The van der Waals surface area contributed by atoms with E-state index in [1.54, 1.807) is 36.5 Å². The molecular formula is C20H14ClNO5S. The maximum Gasteiger partial charge on any atom is 0.339 e. The Kier molecular flexibility index (Phi) is 6.08. The van der Waals surface area contributed by atoms with Crippen LogP contribution in [0.3, 0.4) is 0 Å². The molecule has 1 aromatic heterocycles. The van der Waals surface area contributed by atoms with E-state index in [1.807, 2.05) is 5.38 Å². The van der Waals surface area contributed by atoms with Gasteiger partial charge in [-0.3, -0.25) is 4.79 Å². The molecule has 6 nitrogen and oxygen atoms in total. The molecule has 2 N–H and O–H groups in total. The van der Waals surface area contributed by atoms with Crippen molar-refractivity contribution >= 4 is 40.8 Å². The van der Waals surface area contributed by atoms with E-state index in [0.29, 0.717) is 17.9 Å². The lowest BCUT2D eigenvalue weighted by atomic mass is 10.0. The van der Waals surface area contributed by atoms with E-state index >= 15 is 0 Å². The predicted molar refractivity (Wildman–Crippen MR) is 106 cm³/mol.